The third-order valence-corrected chi connectivity index (χ3v) is 1.91. The third kappa shape index (κ3) is 4.39. The van der Waals surface area contributed by atoms with Crippen molar-refractivity contribution in [1.82, 2.24) is 4.98 Å². The van der Waals surface area contributed by atoms with E-state index in [4.69, 9.17) is 0 Å². The molecule has 0 bridgehead atoms. The van der Waals surface area contributed by atoms with Crippen LogP contribution < -0.4 is 0 Å². The van der Waals surface area contributed by atoms with Crippen LogP contribution in [-0.2, 0) is 5.75 Å². The Kier molecular flexibility index (Phi) is 6.87. The second-order valence-corrected chi connectivity index (χ2v) is 3.11. The Morgan fingerprint density at radius 2 is 2.00 bits per heavy atom. The molecule has 68 valence electrons. The Bertz CT molecular complexity index is 193. The molecule has 0 aliphatic heterocycles. The average Bonchev–Trinajstić information content (AvgIpc) is 2.13. The third-order valence-electron chi connectivity index (χ3n) is 1.28. The summed E-state index contributed by atoms with van der Waals surface area (Å²) in [6.45, 7) is 6.00. The average molecular weight is 183 g/mol. The largest absolute Gasteiger partial charge is 0.261 e. The van der Waals surface area contributed by atoms with Crippen molar-refractivity contribution in [3.05, 3.63) is 29.6 Å². The number of hydrogen-bond acceptors (Lipinski definition) is 2. The van der Waals surface area contributed by atoms with Gasteiger partial charge in [-0.15, -0.1) is 0 Å². The molecule has 0 unspecified atom stereocenters. The van der Waals surface area contributed by atoms with Crippen LogP contribution in [0.4, 0.5) is 0 Å². The highest BCUT2D eigenvalue weighted by atomic mass is 32.2. The second kappa shape index (κ2) is 7.17. The molecule has 2 heteroatoms. The zero-order chi connectivity index (χ0) is 9.40. The van der Waals surface area contributed by atoms with Crippen LogP contribution in [0.5, 0.6) is 0 Å². The molecule has 1 heterocycles. The first-order valence-corrected chi connectivity index (χ1v) is 5.63. The van der Waals surface area contributed by atoms with E-state index in [9.17, 15) is 0 Å². The van der Waals surface area contributed by atoms with Crippen molar-refractivity contribution < 1.29 is 0 Å². The normalized spacial score (nSPS) is 8.67. The first kappa shape index (κ1) is 11.5. The molecule has 1 aromatic heterocycles. The zero-order valence-electron chi connectivity index (χ0n) is 8.29. The maximum atomic E-state index is 4.18. The minimum absolute atomic E-state index is 1.06. The van der Waals surface area contributed by atoms with Crippen molar-refractivity contribution >= 4 is 11.8 Å². The van der Waals surface area contributed by atoms with E-state index >= 15 is 0 Å². The van der Waals surface area contributed by atoms with E-state index in [1.807, 2.05) is 44.8 Å². The lowest BCUT2D eigenvalue weighted by molar-refractivity contribution is 1.16. The van der Waals surface area contributed by atoms with Crippen LogP contribution in [0.3, 0.4) is 0 Å². The van der Waals surface area contributed by atoms with Gasteiger partial charge in [0.2, 0.25) is 0 Å². The Balaban J connectivity index is 0.000000561. The van der Waals surface area contributed by atoms with Gasteiger partial charge in [-0.3, -0.25) is 4.98 Å². The molecule has 0 aliphatic carbocycles. The van der Waals surface area contributed by atoms with Crippen molar-refractivity contribution in [3.63, 3.8) is 0 Å². The summed E-state index contributed by atoms with van der Waals surface area (Å²) in [6, 6.07) is 4.17. The van der Waals surface area contributed by atoms with Gasteiger partial charge in [0.25, 0.3) is 0 Å². The minimum Gasteiger partial charge on any atom is -0.261 e. The van der Waals surface area contributed by atoms with Crippen LogP contribution in [0.25, 0.3) is 0 Å². The lowest BCUT2D eigenvalue weighted by atomic mass is 10.3. The molecule has 0 spiro atoms. The quantitative estimate of drug-likeness (QED) is 0.698. The van der Waals surface area contributed by atoms with E-state index < -0.39 is 0 Å². The van der Waals surface area contributed by atoms with Gasteiger partial charge in [-0.1, -0.05) is 19.9 Å². The van der Waals surface area contributed by atoms with Crippen LogP contribution in [0.1, 0.15) is 25.1 Å². The number of aromatic nitrogens is 1. The number of rotatable bonds is 2. The predicted octanol–water partition coefficient (Wildman–Crippen LogP) is 3.28. The summed E-state index contributed by atoms with van der Waals surface area (Å²) < 4.78 is 0. The van der Waals surface area contributed by atoms with E-state index in [0.717, 1.165) is 11.4 Å². The highest BCUT2D eigenvalue weighted by Gasteiger charge is 1.89. The molecule has 0 aromatic carbocycles. The van der Waals surface area contributed by atoms with Gasteiger partial charge in [0, 0.05) is 17.6 Å². The fourth-order valence-electron chi connectivity index (χ4n) is 0.750. The number of pyridine rings is 1. The van der Waals surface area contributed by atoms with E-state index in [-0.39, 0.29) is 0 Å². The molecule has 12 heavy (non-hydrogen) atoms. The molecular weight excluding hydrogens is 166 g/mol. The van der Waals surface area contributed by atoms with Gasteiger partial charge in [0.05, 0.1) is 0 Å². The van der Waals surface area contributed by atoms with Crippen LogP contribution in [0, 0.1) is 6.92 Å². The summed E-state index contributed by atoms with van der Waals surface area (Å²) in [6.07, 6.45) is 4.03. The van der Waals surface area contributed by atoms with Gasteiger partial charge in [-0.25, -0.2) is 0 Å². The summed E-state index contributed by atoms with van der Waals surface area (Å²) in [5, 5.41) is 0. The van der Waals surface area contributed by atoms with Crippen molar-refractivity contribution in [2.45, 2.75) is 26.5 Å². The molecule has 0 radical (unpaired) electrons. The van der Waals surface area contributed by atoms with E-state index in [2.05, 4.69) is 17.3 Å². The van der Waals surface area contributed by atoms with Crippen LogP contribution in [-0.4, -0.2) is 11.2 Å². The molecule has 0 aliphatic rings. The highest BCUT2D eigenvalue weighted by Crippen LogP contribution is 2.07. The molecule has 0 saturated heterocycles. The molecule has 0 N–H and O–H groups in total. The Morgan fingerprint density at radius 1 is 1.33 bits per heavy atom. The van der Waals surface area contributed by atoms with E-state index in [1.165, 1.54) is 5.56 Å². The van der Waals surface area contributed by atoms with Gasteiger partial charge in [-0.2, -0.15) is 11.8 Å². The Labute approximate surface area is 79.6 Å². The summed E-state index contributed by atoms with van der Waals surface area (Å²) >= 11 is 1.82. The molecule has 0 amide bonds. The number of nitrogens with zero attached hydrogens (tertiary/aromatic N) is 1. The van der Waals surface area contributed by atoms with Crippen LogP contribution in [0.2, 0.25) is 0 Å². The van der Waals surface area contributed by atoms with E-state index in [1.54, 1.807) is 0 Å². The SMILES string of the molecule is CC.CSCc1ccc(C)nc1. The second-order valence-electron chi connectivity index (χ2n) is 2.24. The van der Waals surface area contributed by atoms with Gasteiger partial charge in [0.15, 0.2) is 0 Å². The van der Waals surface area contributed by atoms with Crippen LogP contribution >= 0.6 is 11.8 Å². The maximum Gasteiger partial charge on any atom is 0.0372 e. The fraction of sp³-hybridized carbons (Fsp3) is 0.500. The van der Waals surface area contributed by atoms with Gasteiger partial charge < -0.3 is 0 Å². The summed E-state index contributed by atoms with van der Waals surface area (Å²) in [5.74, 6) is 1.06. The van der Waals surface area contributed by atoms with Gasteiger partial charge >= 0.3 is 0 Å². The summed E-state index contributed by atoms with van der Waals surface area (Å²) in [7, 11) is 0. The fourth-order valence-corrected chi connectivity index (χ4v) is 1.25. The van der Waals surface area contributed by atoms with Crippen molar-refractivity contribution in [1.29, 1.82) is 0 Å². The van der Waals surface area contributed by atoms with Crippen molar-refractivity contribution in [2.75, 3.05) is 6.26 Å². The summed E-state index contributed by atoms with van der Waals surface area (Å²) in [5.41, 5.74) is 2.39. The lowest BCUT2D eigenvalue weighted by Crippen LogP contribution is -1.83. The smallest absolute Gasteiger partial charge is 0.0372 e. The predicted molar refractivity (Wildman–Crippen MR) is 57.5 cm³/mol. The number of hydrogen-bond donors (Lipinski definition) is 0. The van der Waals surface area contributed by atoms with E-state index in [0.29, 0.717) is 0 Å². The topological polar surface area (TPSA) is 12.9 Å². The minimum atomic E-state index is 1.06. The standard InChI is InChI=1S/C8H11NS.C2H6/c1-7-3-4-8(5-9-7)6-10-2;1-2/h3-5H,6H2,1-2H3;1-2H3. The van der Waals surface area contributed by atoms with Crippen molar-refractivity contribution in [2.24, 2.45) is 0 Å². The zero-order valence-corrected chi connectivity index (χ0v) is 9.11. The Morgan fingerprint density at radius 3 is 2.42 bits per heavy atom. The number of aryl methyl sites for hydroxylation is 1. The molecular formula is C10H17NS. The molecule has 1 nitrogen and oxygen atoms in total. The first-order valence-electron chi connectivity index (χ1n) is 4.23. The monoisotopic (exact) mass is 183 g/mol. The molecule has 1 aromatic rings. The number of thioether (sulfide) groups is 1. The molecule has 1 rings (SSSR count). The first-order chi connectivity index (χ1) is 5.83. The maximum absolute atomic E-state index is 4.18. The molecule has 0 saturated carbocycles. The molecule has 0 fully saturated rings. The lowest BCUT2D eigenvalue weighted by Gasteiger charge is -1.96. The van der Waals surface area contributed by atoms with Gasteiger partial charge in [-0.05, 0) is 24.8 Å². The highest BCUT2D eigenvalue weighted by molar-refractivity contribution is 7.97. The van der Waals surface area contributed by atoms with Crippen molar-refractivity contribution in [3.8, 4) is 0 Å². The molecule has 0 atom stereocenters. The van der Waals surface area contributed by atoms with Crippen LogP contribution in [0.15, 0.2) is 18.3 Å². The summed E-state index contributed by atoms with van der Waals surface area (Å²) in [4.78, 5) is 4.18. The van der Waals surface area contributed by atoms with Gasteiger partial charge in [0.1, 0.15) is 0 Å². The Hall–Kier alpha value is -0.500.